The van der Waals surface area contributed by atoms with E-state index in [9.17, 15) is 14.4 Å². The quantitative estimate of drug-likeness (QED) is 0.739. The smallest absolute Gasteiger partial charge is 0.347 e. The van der Waals surface area contributed by atoms with Crippen LogP contribution >= 0.6 is 0 Å². The molecule has 7 heteroatoms. The molecule has 2 amide bonds. The molecule has 2 aromatic rings. The second-order valence-corrected chi connectivity index (χ2v) is 5.58. The zero-order chi connectivity index (χ0) is 19.1. The minimum absolute atomic E-state index is 0.328. The molecule has 3 N–H and O–H groups in total. The van der Waals surface area contributed by atoms with Crippen molar-refractivity contribution in [2.24, 2.45) is 5.73 Å². The van der Waals surface area contributed by atoms with Gasteiger partial charge in [-0.2, -0.15) is 0 Å². The first-order valence-electron chi connectivity index (χ1n) is 7.99. The molecule has 26 heavy (non-hydrogen) atoms. The lowest BCUT2D eigenvalue weighted by molar-refractivity contribution is -0.159. The lowest BCUT2D eigenvalue weighted by atomic mass is 10.2. The highest BCUT2D eigenvalue weighted by Crippen LogP contribution is 2.13. The van der Waals surface area contributed by atoms with Crippen LogP contribution < -0.4 is 15.8 Å². The zero-order valence-corrected chi connectivity index (χ0v) is 14.5. The van der Waals surface area contributed by atoms with E-state index in [1.165, 1.54) is 31.2 Å². The molecule has 0 fully saturated rings. The Morgan fingerprint density at radius 2 is 1.54 bits per heavy atom. The van der Waals surface area contributed by atoms with E-state index in [-0.39, 0.29) is 0 Å². The Balaban J connectivity index is 1.87. The number of ether oxygens (including phenoxy) is 2. The van der Waals surface area contributed by atoms with Crippen molar-refractivity contribution in [2.45, 2.75) is 26.1 Å². The maximum atomic E-state index is 12.1. The van der Waals surface area contributed by atoms with Gasteiger partial charge in [0.2, 0.25) is 5.91 Å². The Labute approximate surface area is 151 Å². The molecule has 2 atom stereocenters. The van der Waals surface area contributed by atoms with Crippen LogP contribution in [0.2, 0.25) is 0 Å². The molecule has 0 saturated heterocycles. The number of hydrogen-bond donors (Lipinski definition) is 2. The van der Waals surface area contributed by atoms with E-state index >= 15 is 0 Å². The number of esters is 1. The third-order valence-corrected chi connectivity index (χ3v) is 3.49. The van der Waals surface area contributed by atoms with Crippen LogP contribution in [0, 0.1) is 0 Å². The molecule has 2 aromatic carbocycles. The maximum Gasteiger partial charge on any atom is 0.347 e. The lowest BCUT2D eigenvalue weighted by Gasteiger charge is -2.17. The van der Waals surface area contributed by atoms with Crippen molar-refractivity contribution in [3.63, 3.8) is 0 Å². The number of primary amides is 1. The monoisotopic (exact) mass is 356 g/mol. The first kappa shape index (κ1) is 19.0. The van der Waals surface area contributed by atoms with Gasteiger partial charge in [-0.1, -0.05) is 18.2 Å². The highest BCUT2D eigenvalue weighted by Gasteiger charge is 2.23. The van der Waals surface area contributed by atoms with Gasteiger partial charge >= 0.3 is 5.97 Å². The Kier molecular flexibility index (Phi) is 6.32. The summed E-state index contributed by atoms with van der Waals surface area (Å²) in [6, 6.07) is 14.9. The SMILES string of the molecule is C[C@H](Oc1ccccc1)C(=O)O[C@H](C)C(=O)Nc1ccc(C(N)=O)cc1. The maximum absolute atomic E-state index is 12.1. The number of carbonyl (C=O) groups is 3. The van der Waals surface area contributed by atoms with Crippen LogP contribution in [0.25, 0.3) is 0 Å². The van der Waals surface area contributed by atoms with E-state index < -0.39 is 30.0 Å². The van der Waals surface area contributed by atoms with E-state index in [2.05, 4.69) is 5.32 Å². The number of carbonyl (C=O) groups excluding carboxylic acids is 3. The molecule has 2 rings (SSSR count). The molecule has 7 nitrogen and oxygen atoms in total. The Morgan fingerprint density at radius 3 is 2.12 bits per heavy atom. The number of nitrogens with two attached hydrogens (primary N) is 1. The van der Waals surface area contributed by atoms with E-state index in [1.807, 2.05) is 6.07 Å². The number of benzene rings is 2. The molecule has 0 aliphatic heterocycles. The molecule has 0 saturated carbocycles. The third-order valence-electron chi connectivity index (χ3n) is 3.49. The average molecular weight is 356 g/mol. The largest absolute Gasteiger partial charge is 0.479 e. The molecule has 0 spiro atoms. The normalized spacial score (nSPS) is 12.5. The van der Waals surface area contributed by atoms with Gasteiger partial charge < -0.3 is 20.5 Å². The molecule has 0 heterocycles. The van der Waals surface area contributed by atoms with Gasteiger partial charge in [-0.25, -0.2) is 4.79 Å². The summed E-state index contributed by atoms with van der Waals surface area (Å²) < 4.78 is 10.6. The summed E-state index contributed by atoms with van der Waals surface area (Å²) in [4.78, 5) is 35.2. The number of rotatable bonds is 7. The summed E-state index contributed by atoms with van der Waals surface area (Å²) in [5, 5.41) is 2.59. The second-order valence-electron chi connectivity index (χ2n) is 5.58. The summed E-state index contributed by atoms with van der Waals surface area (Å²) in [5.41, 5.74) is 5.94. The van der Waals surface area contributed by atoms with Crippen LogP contribution in [0.1, 0.15) is 24.2 Å². The zero-order valence-electron chi connectivity index (χ0n) is 14.5. The first-order chi connectivity index (χ1) is 12.4. The molecular weight excluding hydrogens is 336 g/mol. The molecular formula is C19H20N2O5. The van der Waals surface area contributed by atoms with Gasteiger partial charge in [0.25, 0.3) is 5.91 Å². The third kappa shape index (κ3) is 5.34. The minimum Gasteiger partial charge on any atom is -0.479 e. The predicted octanol–water partition coefficient (Wildman–Crippen LogP) is 2.12. The van der Waals surface area contributed by atoms with Crippen molar-refractivity contribution in [1.82, 2.24) is 0 Å². The number of para-hydroxylation sites is 1. The van der Waals surface area contributed by atoms with Gasteiger partial charge in [0.15, 0.2) is 12.2 Å². The van der Waals surface area contributed by atoms with Gasteiger partial charge in [-0.3, -0.25) is 9.59 Å². The fourth-order valence-electron chi connectivity index (χ4n) is 2.04. The van der Waals surface area contributed by atoms with Gasteiger partial charge in [0.05, 0.1) is 0 Å². The van der Waals surface area contributed by atoms with E-state index in [4.69, 9.17) is 15.2 Å². The van der Waals surface area contributed by atoms with Gasteiger partial charge in [0, 0.05) is 11.3 Å². The van der Waals surface area contributed by atoms with Crippen LogP contribution in [0.4, 0.5) is 5.69 Å². The summed E-state index contributed by atoms with van der Waals surface area (Å²) in [6.07, 6.45) is -1.87. The van der Waals surface area contributed by atoms with Crippen molar-refractivity contribution < 1.29 is 23.9 Å². The van der Waals surface area contributed by atoms with Crippen LogP contribution in [-0.2, 0) is 14.3 Å². The van der Waals surface area contributed by atoms with Gasteiger partial charge in [0.1, 0.15) is 5.75 Å². The molecule has 0 unspecified atom stereocenters. The second kappa shape index (κ2) is 8.66. The number of amides is 2. The van der Waals surface area contributed by atoms with Crippen molar-refractivity contribution in [1.29, 1.82) is 0 Å². The first-order valence-corrected chi connectivity index (χ1v) is 7.99. The van der Waals surface area contributed by atoms with Crippen LogP contribution in [0.5, 0.6) is 5.75 Å². The minimum atomic E-state index is -1.01. The Morgan fingerprint density at radius 1 is 0.923 bits per heavy atom. The van der Waals surface area contributed by atoms with E-state index in [0.29, 0.717) is 17.0 Å². The fourth-order valence-corrected chi connectivity index (χ4v) is 2.04. The van der Waals surface area contributed by atoms with E-state index in [1.54, 1.807) is 31.2 Å². The predicted molar refractivity (Wildman–Crippen MR) is 95.7 cm³/mol. The highest BCUT2D eigenvalue weighted by molar-refractivity contribution is 5.96. The van der Waals surface area contributed by atoms with Crippen molar-refractivity contribution >= 4 is 23.5 Å². The molecule has 136 valence electrons. The van der Waals surface area contributed by atoms with Crippen LogP contribution in [0.15, 0.2) is 54.6 Å². The standard InChI is InChI=1S/C19H20N2O5/c1-12(18(23)21-15-10-8-14(9-11-15)17(20)22)26-19(24)13(2)25-16-6-4-3-5-7-16/h3-13H,1-2H3,(H2,20,22)(H,21,23)/t12-,13+/m1/s1. The molecule has 0 aliphatic rings. The van der Waals surface area contributed by atoms with Crippen LogP contribution in [-0.4, -0.2) is 30.0 Å². The van der Waals surface area contributed by atoms with Gasteiger partial charge in [-0.05, 0) is 50.2 Å². The molecule has 0 aliphatic carbocycles. The average Bonchev–Trinajstić information content (AvgIpc) is 2.62. The number of nitrogens with one attached hydrogen (secondary N) is 1. The fraction of sp³-hybridized carbons (Fsp3) is 0.211. The lowest BCUT2D eigenvalue weighted by Crippen LogP contribution is -2.35. The van der Waals surface area contributed by atoms with Gasteiger partial charge in [-0.15, -0.1) is 0 Å². The highest BCUT2D eigenvalue weighted by atomic mass is 16.6. The summed E-state index contributed by atoms with van der Waals surface area (Å²) in [6.45, 7) is 3.00. The van der Waals surface area contributed by atoms with Crippen molar-refractivity contribution in [3.05, 3.63) is 60.2 Å². The molecule has 0 bridgehead atoms. The molecule has 0 radical (unpaired) electrons. The summed E-state index contributed by atoms with van der Waals surface area (Å²) >= 11 is 0. The number of anilines is 1. The number of hydrogen-bond acceptors (Lipinski definition) is 5. The van der Waals surface area contributed by atoms with E-state index in [0.717, 1.165) is 0 Å². The van der Waals surface area contributed by atoms with Crippen molar-refractivity contribution in [2.75, 3.05) is 5.32 Å². The van der Waals surface area contributed by atoms with Crippen molar-refractivity contribution in [3.8, 4) is 5.75 Å². The Hall–Kier alpha value is -3.35. The summed E-state index contributed by atoms with van der Waals surface area (Å²) in [5.74, 6) is -1.18. The molecule has 0 aromatic heterocycles. The van der Waals surface area contributed by atoms with Crippen LogP contribution in [0.3, 0.4) is 0 Å². The topological polar surface area (TPSA) is 108 Å². The summed E-state index contributed by atoms with van der Waals surface area (Å²) in [7, 11) is 0. The Bertz CT molecular complexity index is 774.